The smallest absolute Gasteiger partial charge is 0.242 e. The Labute approximate surface area is 66.9 Å². The number of likely N-dealkylation sites (N-methyl/N-ethyl adjacent to an activating group) is 2. The van der Waals surface area contributed by atoms with E-state index in [2.05, 4.69) is 10.6 Å². The van der Waals surface area contributed by atoms with Gasteiger partial charge in [-0.3, -0.25) is 9.69 Å². The van der Waals surface area contributed by atoms with Gasteiger partial charge >= 0.3 is 0 Å². The highest BCUT2D eigenvalue weighted by molar-refractivity contribution is 5.87. The fraction of sp³-hybridized carbons (Fsp3) is 0.857. The van der Waals surface area contributed by atoms with E-state index < -0.39 is 0 Å². The van der Waals surface area contributed by atoms with Gasteiger partial charge in [-0.15, -0.1) is 0 Å². The summed E-state index contributed by atoms with van der Waals surface area (Å²) in [6.45, 7) is 1.50. The van der Waals surface area contributed by atoms with Gasteiger partial charge in [0.25, 0.3) is 0 Å². The summed E-state index contributed by atoms with van der Waals surface area (Å²) in [7, 11) is 5.53. The van der Waals surface area contributed by atoms with Crippen molar-refractivity contribution in [2.75, 3.05) is 34.2 Å². The minimum Gasteiger partial charge on any atom is -0.357 e. The van der Waals surface area contributed by atoms with Crippen molar-refractivity contribution in [3.63, 3.8) is 0 Å². The molecule has 0 atom stereocenters. The van der Waals surface area contributed by atoms with Gasteiger partial charge in [0, 0.05) is 20.1 Å². The van der Waals surface area contributed by atoms with Crippen LogP contribution in [0.3, 0.4) is 0 Å². The van der Waals surface area contributed by atoms with Crippen LogP contribution in [0.1, 0.15) is 0 Å². The molecule has 1 rings (SSSR count). The lowest BCUT2D eigenvalue weighted by molar-refractivity contribution is -0.134. The Bertz CT molecular complexity index is 163. The second kappa shape index (κ2) is 2.79. The summed E-state index contributed by atoms with van der Waals surface area (Å²) >= 11 is 0. The Morgan fingerprint density at radius 1 is 1.55 bits per heavy atom. The van der Waals surface area contributed by atoms with Gasteiger partial charge in [0.05, 0.1) is 0 Å². The van der Waals surface area contributed by atoms with E-state index >= 15 is 0 Å². The lowest BCUT2D eigenvalue weighted by Gasteiger charge is -2.45. The molecular weight excluding hydrogens is 142 g/mol. The molecule has 11 heavy (non-hydrogen) atoms. The SMILES string of the molecule is CNC(=O)C1(N(C)C)CNC1. The van der Waals surface area contributed by atoms with Crippen LogP contribution in [-0.4, -0.2) is 50.6 Å². The van der Waals surface area contributed by atoms with Crippen LogP contribution in [0.25, 0.3) is 0 Å². The molecule has 0 aromatic heterocycles. The van der Waals surface area contributed by atoms with Crippen LogP contribution in [0.2, 0.25) is 0 Å². The maximum atomic E-state index is 11.4. The molecule has 0 bridgehead atoms. The normalized spacial score (nSPS) is 21.1. The zero-order chi connectivity index (χ0) is 8.48. The van der Waals surface area contributed by atoms with Gasteiger partial charge in [-0.2, -0.15) is 0 Å². The van der Waals surface area contributed by atoms with Crippen molar-refractivity contribution in [1.29, 1.82) is 0 Å². The van der Waals surface area contributed by atoms with Crippen LogP contribution in [0, 0.1) is 0 Å². The largest absolute Gasteiger partial charge is 0.357 e. The van der Waals surface area contributed by atoms with E-state index in [0.717, 1.165) is 13.1 Å². The van der Waals surface area contributed by atoms with Crippen molar-refractivity contribution >= 4 is 5.91 Å². The highest BCUT2D eigenvalue weighted by Gasteiger charge is 2.45. The van der Waals surface area contributed by atoms with Gasteiger partial charge in [-0.05, 0) is 14.1 Å². The molecule has 0 aliphatic carbocycles. The van der Waals surface area contributed by atoms with Crippen LogP contribution in [0.5, 0.6) is 0 Å². The van der Waals surface area contributed by atoms with Crippen molar-refractivity contribution in [3.8, 4) is 0 Å². The fourth-order valence-electron chi connectivity index (χ4n) is 1.27. The molecular formula is C7H15N3O. The van der Waals surface area contributed by atoms with Gasteiger partial charge in [-0.1, -0.05) is 0 Å². The highest BCUT2D eigenvalue weighted by Crippen LogP contribution is 2.16. The molecule has 64 valence electrons. The highest BCUT2D eigenvalue weighted by atomic mass is 16.2. The van der Waals surface area contributed by atoms with E-state index in [1.165, 1.54) is 0 Å². The zero-order valence-corrected chi connectivity index (χ0v) is 7.27. The predicted molar refractivity (Wildman–Crippen MR) is 43.4 cm³/mol. The number of carbonyl (C=O) groups excluding carboxylic acids is 1. The van der Waals surface area contributed by atoms with E-state index in [9.17, 15) is 4.79 Å². The zero-order valence-electron chi connectivity index (χ0n) is 7.27. The van der Waals surface area contributed by atoms with Crippen LogP contribution in [-0.2, 0) is 4.79 Å². The minimum absolute atomic E-state index is 0.0984. The molecule has 1 aliphatic heterocycles. The van der Waals surface area contributed by atoms with E-state index in [1.54, 1.807) is 7.05 Å². The Balaban J connectivity index is 2.67. The van der Waals surface area contributed by atoms with Crippen molar-refractivity contribution in [1.82, 2.24) is 15.5 Å². The van der Waals surface area contributed by atoms with Gasteiger partial charge < -0.3 is 10.6 Å². The van der Waals surface area contributed by atoms with Crippen LogP contribution in [0.15, 0.2) is 0 Å². The monoisotopic (exact) mass is 157 g/mol. The summed E-state index contributed by atoms with van der Waals surface area (Å²) in [5, 5.41) is 5.76. The van der Waals surface area contributed by atoms with Gasteiger partial charge in [0.1, 0.15) is 5.54 Å². The van der Waals surface area contributed by atoms with Gasteiger partial charge in [0.2, 0.25) is 5.91 Å². The maximum Gasteiger partial charge on any atom is 0.242 e. The topological polar surface area (TPSA) is 44.4 Å². The average molecular weight is 157 g/mol. The molecule has 1 aliphatic rings. The first-order valence-electron chi connectivity index (χ1n) is 3.74. The Morgan fingerprint density at radius 3 is 2.18 bits per heavy atom. The second-order valence-electron chi connectivity index (χ2n) is 3.11. The standard InChI is InChI=1S/C7H15N3O/c1-8-6(11)7(10(2)3)4-9-5-7/h9H,4-5H2,1-3H3,(H,8,11). The number of carbonyl (C=O) groups is 1. The first-order chi connectivity index (χ1) is 5.13. The lowest BCUT2D eigenvalue weighted by atomic mass is 9.90. The molecule has 1 fully saturated rings. The van der Waals surface area contributed by atoms with Crippen molar-refractivity contribution < 1.29 is 4.79 Å². The average Bonchev–Trinajstić information content (AvgIpc) is 1.84. The third-order valence-electron chi connectivity index (χ3n) is 2.34. The second-order valence-corrected chi connectivity index (χ2v) is 3.11. The quantitative estimate of drug-likeness (QED) is 0.520. The summed E-state index contributed by atoms with van der Waals surface area (Å²) in [4.78, 5) is 13.3. The van der Waals surface area contributed by atoms with E-state index in [1.807, 2.05) is 19.0 Å². The number of nitrogens with one attached hydrogen (secondary N) is 2. The predicted octanol–water partition coefficient (Wildman–Crippen LogP) is -1.36. The molecule has 0 saturated carbocycles. The minimum atomic E-state index is -0.297. The summed E-state index contributed by atoms with van der Waals surface area (Å²) in [5.41, 5.74) is -0.297. The molecule has 4 heteroatoms. The molecule has 4 nitrogen and oxygen atoms in total. The van der Waals surface area contributed by atoms with Crippen molar-refractivity contribution in [3.05, 3.63) is 0 Å². The third-order valence-corrected chi connectivity index (χ3v) is 2.34. The summed E-state index contributed by atoms with van der Waals surface area (Å²) in [6, 6.07) is 0. The molecule has 1 amide bonds. The number of hydrogen-bond donors (Lipinski definition) is 2. The van der Waals surface area contributed by atoms with E-state index in [4.69, 9.17) is 0 Å². The van der Waals surface area contributed by atoms with Crippen LogP contribution in [0.4, 0.5) is 0 Å². The van der Waals surface area contributed by atoms with Crippen molar-refractivity contribution in [2.24, 2.45) is 0 Å². The molecule has 0 radical (unpaired) electrons. The summed E-state index contributed by atoms with van der Waals surface area (Å²) in [6.07, 6.45) is 0. The molecule has 1 heterocycles. The number of nitrogens with zero attached hydrogens (tertiary/aromatic N) is 1. The lowest BCUT2D eigenvalue weighted by Crippen LogP contribution is -2.73. The van der Waals surface area contributed by atoms with Gasteiger partial charge in [0.15, 0.2) is 0 Å². The first-order valence-corrected chi connectivity index (χ1v) is 3.74. The Hall–Kier alpha value is -0.610. The fourth-order valence-corrected chi connectivity index (χ4v) is 1.27. The van der Waals surface area contributed by atoms with Crippen LogP contribution < -0.4 is 10.6 Å². The molecule has 1 saturated heterocycles. The maximum absolute atomic E-state index is 11.4. The number of hydrogen-bond acceptors (Lipinski definition) is 3. The van der Waals surface area contributed by atoms with Crippen LogP contribution >= 0.6 is 0 Å². The molecule has 0 aromatic carbocycles. The number of amides is 1. The first kappa shape index (κ1) is 8.49. The van der Waals surface area contributed by atoms with E-state index in [0.29, 0.717) is 0 Å². The molecule has 0 unspecified atom stereocenters. The molecule has 0 spiro atoms. The van der Waals surface area contributed by atoms with Gasteiger partial charge in [-0.25, -0.2) is 0 Å². The number of rotatable bonds is 2. The third kappa shape index (κ3) is 1.12. The molecule has 0 aromatic rings. The van der Waals surface area contributed by atoms with Crippen molar-refractivity contribution in [2.45, 2.75) is 5.54 Å². The Kier molecular flexibility index (Phi) is 2.15. The summed E-state index contributed by atoms with van der Waals surface area (Å²) < 4.78 is 0. The van der Waals surface area contributed by atoms with E-state index in [-0.39, 0.29) is 11.4 Å². The molecule has 2 N–H and O–H groups in total. The summed E-state index contributed by atoms with van der Waals surface area (Å²) in [5.74, 6) is 0.0984. The Morgan fingerprint density at radius 2 is 2.09 bits per heavy atom.